The van der Waals surface area contributed by atoms with E-state index in [4.69, 9.17) is 4.84 Å². The zero-order valence-electron chi connectivity index (χ0n) is 11.3. The van der Waals surface area contributed by atoms with E-state index in [-0.39, 0.29) is 12.8 Å². The summed E-state index contributed by atoms with van der Waals surface area (Å²) in [6, 6.07) is 7.04. The Morgan fingerprint density at radius 2 is 1.70 bits per heavy atom. The van der Waals surface area contributed by atoms with Gasteiger partial charge in [-0.15, -0.1) is 5.06 Å². The predicted octanol–water partition coefficient (Wildman–Crippen LogP) is 1.37. The lowest BCUT2D eigenvalue weighted by Gasteiger charge is -2.14. The van der Waals surface area contributed by atoms with Gasteiger partial charge in [0.2, 0.25) is 0 Å². The van der Waals surface area contributed by atoms with Gasteiger partial charge in [0.25, 0.3) is 11.8 Å². The van der Waals surface area contributed by atoms with Gasteiger partial charge in [0.1, 0.15) is 0 Å². The van der Waals surface area contributed by atoms with Gasteiger partial charge in [0.05, 0.1) is 0 Å². The average Bonchev–Trinajstić information content (AvgIpc) is 2.71. The quantitative estimate of drug-likeness (QED) is 0.844. The summed E-state index contributed by atoms with van der Waals surface area (Å²) in [5.74, 6) is -1.01. The molecule has 1 fully saturated rings. The molecule has 0 aromatic heterocycles. The summed E-state index contributed by atoms with van der Waals surface area (Å²) in [5, 5.41) is 2.95. The topological polar surface area (TPSA) is 79.0 Å². The normalized spacial score (nSPS) is 14.4. The van der Waals surface area contributed by atoms with Gasteiger partial charge in [-0.25, -0.2) is 4.79 Å². The van der Waals surface area contributed by atoms with Gasteiger partial charge in [0.15, 0.2) is 0 Å². The van der Waals surface area contributed by atoms with Crippen LogP contribution in [0.25, 0.3) is 0 Å². The van der Waals surface area contributed by atoms with Crippen LogP contribution >= 0.6 is 0 Å². The summed E-state index contributed by atoms with van der Waals surface area (Å²) in [4.78, 5) is 40.8. The van der Waals surface area contributed by atoms with Crippen LogP contribution in [-0.4, -0.2) is 37.1 Å². The van der Waals surface area contributed by atoms with Crippen LogP contribution in [0.1, 0.15) is 12.8 Å². The molecule has 20 heavy (non-hydrogen) atoms. The third kappa shape index (κ3) is 3.05. The van der Waals surface area contributed by atoms with Crippen molar-refractivity contribution in [1.29, 1.82) is 0 Å². The van der Waals surface area contributed by atoms with Crippen LogP contribution in [0.2, 0.25) is 0 Å². The number of hydroxylamine groups is 2. The molecule has 0 spiro atoms. The molecular weight excluding hydrogens is 262 g/mol. The number of hydrogen-bond donors (Lipinski definition) is 1. The number of carbonyl (C=O) groups excluding carboxylic acids is 3. The molecule has 1 aliphatic rings. The highest BCUT2D eigenvalue weighted by Crippen LogP contribution is 2.17. The molecule has 0 unspecified atom stereocenters. The Hall–Kier alpha value is -2.57. The van der Waals surface area contributed by atoms with Gasteiger partial charge in [0, 0.05) is 38.3 Å². The number of carbonyl (C=O) groups is 3. The van der Waals surface area contributed by atoms with Gasteiger partial charge >= 0.3 is 6.09 Å². The van der Waals surface area contributed by atoms with Gasteiger partial charge in [-0.1, -0.05) is 0 Å². The van der Waals surface area contributed by atoms with E-state index in [9.17, 15) is 14.4 Å². The van der Waals surface area contributed by atoms with Crippen molar-refractivity contribution in [3.8, 4) is 0 Å². The Morgan fingerprint density at radius 1 is 1.15 bits per heavy atom. The standard InChI is InChI=1S/C13H15N3O4/c1-15(2)10-5-3-9(4-6-10)14-13(19)20-16-11(17)7-8-12(16)18/h3-6H,7-8H2,1-2H3,(H,14,19). The summed E-state index contributed by atoms with van der Waals surface area (Å²) in [6.07, 6.45) is -0.723. The van der Waals surface area contributed by atoms with E-state index in [1.807, 2.05) is 31.1 Å². The Bertz CT molecular complexity index is 523. The molecule has 0 saturated carbocycles. The number of imide groups is 1. The molecule has 1 saturated heterocycles. The minimum Gasteiger partial charge on any atom is -0.378 e. The van der Waals surface area contributed by atoms with E-state index in [1.165, 1.54) is 0 Å². The first kappa shape index (κ1) is 13.9. The van der Waals surface area contributed by atoms with Gasteiger partial charge in [-0.2, -0.15) is 0 Å². The van der Waals surface area contributed by atoms with Crippen LogP contribution in [-0.2, 0) is 14.4 Å². The number of rotatable bonds is 3. The molecule has 0 atom stereocenters. The van der Waals surface area contributed by atoms with E-state index in [0.29, 0.717) is 10.8 Å². The number of hydrogen-bond acceptors (Lipinski definition) is 5. The SMILES string of the molecule is CN(C)c1ccc(NC(=O)ON2C(=O)CCC2=O)cc1. The first-order valence-corrected chi connectivity index (χ1v) is 6.09. The van der Waals surface area contributed by atoms with Crippen LogP contribution in [0.4, 0.5) is 16.2 Å². The number of amides is 3. The molecular formula is C13H15N3O4. The largest absolute Gasteiger partial charge is 0.436 e. The fraction of sp³-hybridized carbons (Fsp3) is 0.308. The zero-order chi connectivity index (χ0) is 14.7. The van der Waals surface area contributed by atoms with Crippen molar-refractivity contribution in [2.75, 3.05) is 24.3 Å². The fourth-order valence-electron chi connectivity index (χ4n) is 1.72. The number of anilines is 2. The molecule has 0 aliphatic carbocycles. The third-order valence-electron chi connectivity index (χ3n) is 2.81. The van der Waals surface area contributed by atoms with Crippen LogP contribution in [0.3, 0.4) is 0 Å². The molecule has 2 rings (SSSR count). The number of nitrogens with zero attached hydrogens (tertiary/aromatic N) is 2. The zero-order valence-corrected chi connectivity index (χ0v) is 11.3. The maximum atomic E-state index is 11.6. The van der Waals surface area contributed by atoms with Crippen molar-refractivity contribution in [2.24, 2.45) is 0 Å². The van der Waals surface area contributed by atoms with E-state index >= 15 is 0 Å². The molecule has 1 aromatic rings. The van der Waals surface area contributed by atoms with Crippen molar-refractivity contribution in [2.45, 2.75) is 12.8 Å². The second kappa shape index (κ2) is 5.60. The Morgan fingerprint density at radius 3 is 2.20 bits per heavy atom. The van der Waals surface area contributed by atoms with E-state index in [2.05, 4.69) is 5.32 Å². The maximum Gasteiger partial charge on any atom is 0.436 e. The summed E-state index contributed by atoms with van der Waals surface area (Å²) < 4.78 is 0. The van der Waals surface area contributed by atoms with Crippen LogP contribution in [0, 0.1) is 0 Å². The summed E-state index contributed by atoms with van der Waals surface area (Å²) in [5.41, 5.74) is 1.49. The highest BCUT2D eigenvalue weighted by atomic mass is 16.7. The Balaban J connectivity index is 1.94. The molecule has 7 heteroatoms. The molecule has 7 nitrogen and oxygen atoms in total. The average molecular weight is 277 g/mol. The van der Waals surface area contributed by atoms with Crippen molar-refractivity contribution < 1.29 is 19.2 Å². The smallest absolute Gasteiger partial charge is 0.378 e. The first-order chi connectivity index (χ1) is 9.47. The summed E-state index contributed by atoms with van der Waals surface area (Å²) >= 11 is 0. The molecule has 0 bridgehead atoms. The molecule has 3 amide bonds. The van der Waals surface area contributed by atoms with Crippen molar-refractivity contribution >= 4 is 29.3 Å². The predicted molar refractivity (Wildman–Crippen MR) is 72.0 cm³/mol. The lowest BCUT2D eigenvalue weighted by Crippen LogP contribution is -2.33. The second-order valence-corrected chi connectivity index (χ2v) is 4.53. The maximum absolute atomic E-state index is 11.6. The summed E-state index contributed by atoms with van der Waals surface area (Å²) in [6.45, 7) is 0. The van der Waals surface area contributed by atoms with Crippen LogP contribution in [0.5, 0.6) is 0 Å². The van der Waals surface area contributed by atoms with Crippen LogP contribution < -0.4 is 10.2 Å². The van der Waals surface area contributed by atoms with Crippen LogP contribution in [0.15, 0.2) is 24.3 Å². The van der Waals surface area contributed by atoms with Gasteiger partial charge in [-0.3, -0.25) is 14.9 Å². The number of nitrogens with one attached hydrogen (secondary N) is 1. The van der Waals surface area contributed by atoms with Crippen molar-refractivity contribution in [3.05, 3.63) is 24.3 Å². The molecule has 0 radical (unpaired) electrons. The lowest BCUT2D eigenvalue weighted by molar-refractivity contribution is -0.170. The third-order valence-corrected chi connectivity index (χ3v) is 2.81. The highest BCUT2D eigenvalue weighted by Gasteiger charge is 2.32. The van der Waals surface area contributed by atoms with Crippen molar-refractivity contribution in [3.63, 3.8) is 0 Å². The van der Waals surface area contributed by atoms with E-state index in [0.717, 1.165) is 5.69 Å². The Labute approximate surface area is 116 Å². The molecule has 1 heterocycles. The molecule has 1 N–H and O–H groups in total. The van der Waals surface area contributed by atoms with Gasteiger partial charge in [-0.05, 0) is 24.3 Å². The molecule has 1 aromatic carbocycles. The fourth-order valence-corrected chi connectivity index (χ4v) is 1.72. The first-order valence-electron chi connectivity index (χ1n) is 6.09. The van der Waals surface area contributed by atoms with Crippen molar-refractivity contribution in [1.82, 2.24) is 5.06 Å². The monoisotopic (exact) mass is 277 g/mol. The summed E-state index contributed by atoms with van der Waals surface area (Å²) in [7, 11) is 3.81. The molecule has 106 valence electrons. The second-order valence-electron chi connectivity index (χ2n) is 4.53. The van der Waals surface area contributed by atoms with E-state index < -0.39 is 17.9 Å². The Kier molecular flexibility index (Phi) is 3.88. The highest BCUT2D eigenvalue weighted by molar-refractivity contribution is 6.02. The van der Waals surface area contributed by atoms with E-state index in [1.54, 1.807) is 12.1 Å². The molecule has 1 aliphatic heterocycles. The van der Waals surface area contributed by atoms with Gasteiger partial charge < -0.3 is 9.74 Å². The minimum absolute atomic E-state index is 0.0731. The lowest BCUT2D eigenvalue weighted by atomic mass is 10.2. The number of benzene rings is 1. The minimum atomic E-state index is -0.869.